The Morgan fingerprint density at radius 2 is 1.92 bits per heavy atom. The van der Waals surface area contributed by atoms with Gasteiger partial charge in [0.25, 0.3) is 0 Å². The van der Waals surface area contributed by atoms with Gasteiger partial charge in [-0.1, -0.05) is 18.2 Å². The van der Waals surface area contributed by atoms with Gasteiger partial charge in [0.2, 0.25) is 5.91 Å². The van der Waals surface area contributed by atoms with Gasteiger partial charge in [0.1, 0.15) is 5.75 Å². The van der Waals surface area contributed by atoms with Gasteiger partial charge in [-0.25, -0.2) is 0 Å². The summed E-state index contributed by atoms with van der Waals surface area (Å²) in [5.41, 5.74) is 1.13. The van der Waals surface area contributed by atoms with E-state index < -0.39 is 0 Å². The first-order valence-corrected chi connectivity index (χ1v) is 8.79. The zero-order valence-corrected chi connectivity index (χ0v) is 14.3. The maximum Gasteiger partial charge on any atom is 0.220 e. The van der Waals surface area contributed by atoms with Gasteiger partial charge in [-0.15, -0.1) is 0 Å². The van der Waals surface area contributed by atoms with Crippen LogP contribution >= 0.6 is 0 Å². The molecule has 1 amide bonds. The van der Waals surface area contributed by atoms with E-state index in [-0.39, 0.29) is 5.91 Å². The maximum absolute atomic E-state index is 12.1. The number of carbonyl (C=O) groups excluding carboxylic acids is 1. The second-order valence-corrected chi connectivity index (χ2v) is 6.56. The summed E-state index contributed by atoms with van der Waals surface area (Å²) in [7, 11) is 1.68. The van der Waals surface area contributed by atoms with Gasteiger partial charge in [-0.2, -0.15) is 0 Å². The summed E-state index contributed by atoms with van der Waals surface area (Å²) in [4.78, 5) is 12.1. The molecule has 1 aliphatic rings. The van der Waals surface area contributed by atoms with Crippen molar-refractivity contribution in [3.8, 4) is 5.75 Å². The normalized spacial score (nSPS) is 15.4. The van der Waals surface area contributed by atoms with Crippen molar-refractivity contribution in [3.05, 3.63) is 42.0 Å². The van der Waals surface area contributed by atoms with E-state index in [1.165, 1.54) is 12.8 Å². The molecule has 128 valence electrons. The van der Waals surface area contributed by atoms with Crippen molar-refractivity contribution in [1.29, 1.82) is 0 Å². The fourth-order valence-corrected chi connectivity index (χ4v) is 3.30. The molecule has 1 aliphatic heterocycles. The average molecular weight is 326 g/mol. The first kappa shape index (κ1) is 16.8. The molecule has 24 heavy (non-hydrogen) atoms. The van der Waals surface area contributed by atoms with Crippen LogP contribution in [0, 0.1) is 5.92 Å². The third-order valence-corrected chi connectivity index (χ3v) is 4.84. The molecule has 4 heteroatoms. The molecule has 4 nitrogen and oxygen atoms in total. The van der Waals surface area contributed by atoms with Crippen LogP contribution in [0.1, 0.15) is 31.2 Å². The molecule has 0 atom stereocenters. The molecule has 0 radical (unpaired) electrons. The fourth-order valence-electron chi connectivity index (χ4n) is 3.30. The lowest BCUT2D eigenvalue weighted by atomic mass is 9.93. The Morgan fingerprint density at radius 1 is 1.17 bits per heavy atom. The van der Waals surface area contributed by atoms with Crippen LogP contribution in [0.5, 0.6) is 5.75 Å². The number of ether oxygens (including phenoxy) is 1. The minimum atomic E-state index is 0.156. The van der Waals surface area contributed by atoms with Crippen molar-refractivity contribution in [3.63, 3.8) is 0 Å². The summed E-state index contributed by atoms with van der Waals surface area (Å²) in [6.07, 6.45) is 4.03. The second kappa shape index (κ2) is 8.15. The zero-order chi connectivity index (χ0) is 16.8. The average Bonchev–Trinajstić information content (AvgIpc) is 2.65. The van der Waals surface area contributed by atoms with Gasteiger partial charge in [-0.05, 0) is 72.8 Å². The van der Waals surface area contributed by atoms with Gasteiger partial charge in [-0.3, -0.25) is 4.79 Å². The smallest absolute Gasteiger partial charge is 0.220 e. The van der Waals surface area contributed by atoms with E-state index >= 15 is 0 Å². The third kappa shape index (κ3) is 4.48. The molecule has 1 saturated heterocycles. The van der Waals surface area contributed by atoms with Crippen molar-refractivity contribution in [2.24, 2.45) is 5.92 Å². The van der Waals surface area contributed by atoms with Gasteiger partial charge < -0.3 is 15.4 Å². The molecule has 2 aromatic rings. The molecule has 2 aromatic carbocycles. The first-order valence-electron chi connectivity index (χ1n) is 8.79. The Bertz CT molecular complexity index is 693. The van der Waals surface area contributed by atoms with Crippen LogP contribution in [0.3, 0.4) is 0 Å². The maximum atomic E-state index is 12.1. The Kier molecular flexibility index (Phi) is 5.70. The van der Waals surface area contributed by atoms with Gasteiger partial charge >= 0.3 is 0 Å². The Hall–Kier alpha value is -2.07. The highest BCUT2D eigenvalue weighted by atomic mass is 16.5. The summed E-state index contributed by atoms with van der Waals surface area (Å²) in [5.74, 6) is 1.72. The molecule has 0 aliphatic carbocycles. The Labute approximate surface area is 143 Å². The van der Waals surface area contributed by atoms with Crippen LogP contribution in [0.2, 0.25) is 0 Å². The van der Waals surface area contributed by atoms with Crippen molar-refractivity contribution >= 4 is 16.7 Å². The minimum Gasteiger partial charge on any atom is -0.497 e. The predicted octanol–water partition coefficient (Wildman–Crippen LogP) is 3.24. The number of benzene rings is 2. The highest BCUT2D eigenvalue weighted by molar-refractivity contribution is 5.84. The van der Waals surface area contributed by atoms with E-state index in [1.54, 1.807) is 7.11 Å². The number of methoxy groups -OCH3 is 1. The van der Waals surface area contributed by atoms with Crippen LogP contribution in [-0.2, 0) is 11.3 Å². The molecule has 0 spiro atoms. The summed E-state index contributed by atoms with van der Waals surface area (Å²) in [5, 5.41) is 8.72. The molecule has 0 saturated carbocycles. The standard InChI is InChI=1S/C20H26N2O2/c1-24-19-6-5-17-12-16(2-4-18(17)13-19)14-22-20(23)7-3-15-8-10-21-11-9-15/h2,4-6,12-13,15,21H,3,7-11,14H2,1H3,(H,22,23). The lowest BCUT2D eigenvalue weighted by Gasteiger charge is -2.22. The Balaban J connectivity index is 1.50. The van der Waals surface area contributed by atoms with Crippen molar-refractivity contribution in [2.75, 3.05) is 20.2 Å². The van der Waals surface area contributed by atoms with E-state index in [9.17, 15) is 4.79 Å². The van der Waals surface area contributed by atoms with Crippen molar-refractivity contribution in [2.45, 2.75) is 32.2 Å². The fraction of sp³-hybridized carbons (Fsp3) is 0.450. The highest BCUT2D eigenvalue weighted by Crippen LogP contribution is 2.22. The number of piperidine rings is 1. The van der Waals surface area contributed by atoms with Gasteiger partial charge in [0.15, 0.2) is 0 Å². The number of fused-ring (bicyclic) bond motifs is 1. The molecule has 0 unspecified atom stereocenters. The van der Waals surface area contributed by atoms with Crippen LogP contribution in [0.15, 0.2) is 36.4 Å². The quantitative estimate of drug-likeness (QED) is 0.857. The summed E-state index contributed by atoms with van der Waals surface area (Å²) in [6.45, 7) is 2.77. The van der Waals surface area contributed by atoms with Gasteiger partial charge in [0.05, 0.1) is 7.11 Å². The molecule has 1 heterocycles. The third-order valence-electron chi connectivity index (χ3n) is 4.84. The lowest BCUT2D eigenvalue weighted by molar-refractivity contribution is -0.121. The first-order chi connectivity index (χ1) is 11.7. The molecular weight excluding hydrogens is 300 g/mol. The number of hydrogen-bond acceptors (Lipinski definition) is 3. The van der Waals surface area contributed by atoms with Crippen LogP contribution in [-0.4, -0.2) is 26.1 Å². The number of carbonyl (C=O) groups is 1. The molecule has 3 rings (SSSR count). The molecule has 0 aromatic heterocycles. The van der Waals surface area contributed by atoms with Gasteiger partial charge in [0, 0.05) is 13.0 Å². The topological polar surface area (TPSA) is 50.4 Å². The number of hydrogen-bond donors (Lipinski definition) is 2. The zero-order valence-electron chi connectivity index (χ0n) is 14.3. The van der Waals surface area contributed by atoms with E-state index in [0.717, 1.165) is 41.6 Å². The molecule has 1 fully saturated rings. The highest BCUT2D eigenvalue weighted by Gasteiger charge is 2.14. The minimum absolute atomic E-state index is 0.156. The van der Waals surface area contributed by atoms with E-state index in [2.05, 4.69) is 34.9 Å². The summed E-state index contributed by atoms with van der Waals surface area (Å²) < 4.78 is 5.25. The molecule has 2 N–H and O–H groups in total. The SMILES string of the molecule is COc1ccc2cc(CNC(=O)CCC3CCNCC3)ccc2c1. The van der Waals surface area contributed by atoms with E-state index in [4.69, 9.17) is 4.74 Å². The largest absolute Gasteiger partial charge is 0.497 e. The number of nitrogens with one attached hydrogen (secondary N) is 2. The van der Waals surface area contributed by atoms with Crippen LogP contribution in [0.25, 0.3) is 10.8 Å². The number of amides is 1. The van der Waals surface area contributed by atoms with Crippen molar-refractivity contribution < 1.29 is 9.53 Å². The second-order valence-electron chi connectivity index (χ2n) is 6.56. The monoisotopic (exact) mass is 326 g/mol. The van der Waals surface area contributed by atoms with Crippen molar-refractivity contribution in [1.82, 2.24) is 10.6 Å². The molecule has 0 bridgehead atoms. The van der Waals surface area contributed by atoms with Crippen LogP contribution in [0.4, 0.5) is 0 Å². The van der Waals surface area contributed by atoms with E-state index in [0.29, 0.717) is 18.9 Å². The number of rotatable bonds is 6. The van der Waals surface area contributed by atoms with Crippen LogP contribution < -0.4 is 15.4 Å². The Morgan fingerprint density at radius 3 is 2.71 bits per heavy atom. The summed E-state index contributed by atoms with van der Waals surface area (Å²) in [6, 6.07) is 12.3. The lowest BCUT2D eigenvalue weighted by Crippen LogP contribution is -2.29. The molecular formula is C20H26N2O2. The predicted molar refractivity (Wildman–Crippen MR) is 97.2 cm³/mol. The van der Waals surface area contributed by atoms with E-state index in [1.807, 2.05) is 12.1 Å². The summed E-state index contributed by atoms with van der Waals surface area (Å²) >= 11 is 0.